The van der Waals surface area contributed by atoms with Gasteiger partial charge in [0.05, 0.1) is 24.8 Å². The summed E-state index contributed by atoms with van der Waals surface area (Å²) in [6.45, 7) is 18.0. The van der Waals surface area contributed by atoms with Gasteiger partial charge in [-0.1, -0.05) is 55.4 Å². The number of hydrogen-bond donors (Lipinski definition) is 2. The molecule has 2 aromatic rings. The van der Waals surface area contributed by atoms with Crippen molar-refractivity contribution in [3.8, 4) is 0 Å². The van der Waals surface area contributed by atoms with E-state index < -0.39 is 29.3 Å². The van der Waals surface area contributed by atoms with Crippen molar-refractivity contribution in [1.82, 2.24) is 19.5 Å². The summed E-state index contributed by atoms with van der Waals surface area (Å²) in [7, 11) is -5.43. The number of H-pyrrole nitrogens is 1. The van der Waals surface area contributed by atoms with E-state index in [0.29, 0.717) is 18.7 Å². The highest BCUT2D eigenvalue weighted by Gasteiger charge is 2.61. The average molecular weight is 509 g/mol. The van der Waals surface area contributed by atoms with E-state index in [2.05, 4.69) is 70.3 Å². The molecule has 190 valence electrons. The van der Waals surface area contributed by atoms with Crippen LogP contribution in [-0.4, -0.2) is 60.6 Å². The number of aliphatic hydroxyl groups is 1. The Balaban J connectivity index is 1.78. The zero-order valence-electron chi connectivity index (χ0n) is 21.6. The highest BCUT2D eigenvalue weighted by molar-refractivity contribution is 6.83. The number of rotatable bonds is 5. The number of hydrogen-bond acceptors (Lipinski definition) is 7. The van der Waals surface area contributed by atoms with Gasteiger partial charge in [-0.25, -0.2) is 9.97 Å². The Morgan fingerprint density at radius 1 is 1.03 bits per heavy atom. The molecule has 2 aliphatic rings. The van der Waals surface area contributed by atoms with Gasteiger partial charge in [0.15, 0.2) is 11.2 Å². The summed E-state index contributed by atoms with van der Waals surface area (Å²) >= 11 is 0. The molecule has 1 aliphatic heterocycles. The first-order chi connectivity index (χ1) is 15.9. The van der Waals surface area contributed by atoms with Crippen LogP contribution in [0.3, 0.4) is 0 Å². The van der Waals surface area contributed by atoms with Gasteiger partial charge in [-0.15, -0.1) is 0 Å². The number of nitrogens with one attached hydrogen (secondary N) is 1. The fourth-order valence-electron chi connectivity index (χ4n) is 5.96. The number of imidazole rings is 1. The Morgan fingerprint density at radius 2 is 1.65 bits per heavy atom. The lowest BCUT2D eigenvalue weighted by Gasteiger charge is -2.51. The van der Waals surface area contributed by atoms with Gasteiger partial charge in [0.25, 0.3) is 5.56 Å². The first kappa shape index (κ1) is 25.7. The van der Waals surface area contributed by atoms with Gasteiger partial charge in [-0.05, 0) is 28.6 Å². The molecule has 2 fully saturated rings. The Hall–Kier alpha value is -1.38. The summed E-state index contributed by atoms with van der Waals surface area (Å²) in [6.07, 6.45) is 2.45. The number of fused-ring (bicyclic) bond motifs is 2. The van der Waals surface area contributed by atoms with E-state index in [0.717, 1.165) is 0 Å². The van der Waals surface area contributed by atoms with Crippen molar-refractivity contribution >= 4 is 28.3 Å². The summed E-state index contributed by atoms with van der Waals surface area (Å²) < 4.78 is 23.0. The van der Waals surface area contributed by atoms with Gasteiger partial charge >= 0.3 is 17.1 Å². The molecule has 3 heterocycles. The lowest BCUT2D eigenvalue weighted by molar-refractivity contribution is -0.0241. The van der Waals surface area contributed by atoms with Crippen LogP contribution in [0, 0.1) is 5.92 Å². The van der Waals surface area contributed by atoms with Gasteiger partial charge in [0.2, 0.25) is 0 Å². The van der Waals surface area contributed by atoms with E-state index in [1.807, 2.05) is 4.57 Å². The molecule has 0 radical (unpaired) electrons. The molecule has 0 aromatic carbocycles. The maximum absolute atomic E-state index is 12.2. The summed E-state index contributed by atoms with van der Waals surface area (Å²) in [6, 6.07) is -0.309. The van der Waals surface area contributed by atoms with Gasteiger partial charge in [0.1, 0.15) is 6.10 Å². The first-order valence-corrected chi connectivity index (χ1v) is 16.5. The number of aliphatic hydroxyl groups excluding tert-OH is 1. The van der Waals surface area contributed by atoms with Crippen LogP contribution in [0.25, 0.3) is 11.2 Å². The molecule has 4 rings (SSSR count). The summed E-state index contributed by atoms with van der Waals surface area (Å²) in [4.78, 5) is 23.4. The lowest BCUT2D eigenvalue weighted by atomic mass is 10.1. The zero-order chi connectivity index (χ0) is 25.0. The fraction of sp³-hybridized carbons (Fsp3) is 0.783. The van der Waals surface area contributed by atoms with E-state index in [1.165, 1.54) is 6.33 Å². The Bertz CT molecular complexity index is 1050. The maximum Gasteiger partial charge on any atom is 0.335 e. The summed E-state index contributed by atoms with van der Waals surface area (Å²) in [5.41, 5.74) is 1.40. The second kappa shape index (κ2) is 9.25. The Morgan fingerprint density at radius 3 is 2.24 bits per heavy atom. The molecule has 1 saturated carbocycles. The van der Waals surface area contributed by atoms with Gasteiger partial charge in [-0.2, -0.15) is 0 Å². The molecule has 0 unspecified atom stereocenters. The van der Waals surface area contributed by atoms with Crippen LogP contribution < -0.4 is 5.56 Å². The third-order valence-electron chi connectivity index (χ3n) is 7.84. The molecule has 0 spiro atoms. The smallest absolute Gasteiger partial charge is 0.335 e. The summed E-state index contributed by atoms with van der Waals surface area (Å²) in [5, 5.41) is 11.6. The molecule has 4 atom stereocenters. The normalized spacial score (nSPS) is 29.2. The molecular formula is C23H40N4O5Si2. The predicted octanol–water partition coefficient (Wildman–Crippen LogP) is 4.00. The monoisotopic (exact) mass is 508 g/mol. The van der Waals surface area contributed by atoms with E-state index in [4.69, 9.17) is 13.0 Å². The minimum absolute atomic E-state index is 0.0112. The Labute approximate surface area is 203 Å². The Kier molecular flexibility index (Phi) is 6.99. The summed E-state index contributed by atoms with van der Waals surface area (Å²) in [5.74, 6) is 0.0112. The molecule has 11 heteroatoms. The minimum Gasteiger partial charge on any atom is -0.414 e. The van der Waals surface area contributed by atoms with Crippen LogP contribution in [0.1, 0.15) is 67.9 Å². The van der Waals surface area contributed by atoms with E-state index in [-0.39, 0.29) is 45.2 Å². The SMILES string of the molecule is CC(C)[Si]1(C(C)C)OC[C@H]2C[C@@H](n3cnc4c(=O)[nH]cnc43)[C@H](O)[C@@H]2O[Si](C(C)C)(C(C)C)O1. The first-order valence-electron chi connectivity index (χ1n) is 12.5. The van der Waals surface area contributed by atoms with Crippen LogP contribution in [0.2, 0.25) is 22.2 Å². The molecule has 9 nitrogen and oxygen atoms in total. The van der Waals surface area contributed by atoms with Crippen molar-refractivity contribution in [1.29, 1.82) is 0 Å². The highest BCUT2D eigenvalue weighted by Crippen LogP contribution is 2.50. The van der Waals surface area contributed by atoms with Crippen molar-refractivity contribution < 1.29 is 18.1 Å². The van der Waals surface area contributed by atoms with Crippen molar-refractivity contribution in [2.45, 2.75) is 102 Å². The van der Waals surface area contributed by atoms with Gasteiger partial charge in [-0.3, -0.25) is 4.79 Å². The second-order valence-electron chi connectivity index (χ2n) is 11.2. The molecule has 2 aromatic heterocycles. The van der Waals surface area contributed by atoms with E-state index >= 15 is 0 Å². The topological polar surface area (TPSA) is 111 Å². The van der Waals surface area contributed by atoms with Crippen molar-refractivity contribution in [2.24, 2.45) is 5.92 Å². The average Bonchev–Trinajstić information content (AvgIpc) is 3.29. The second-order valence-corrected chi connectivity index (χ2v) is 20.0. The maximum atomic E-state index is 12.2. The van der Waals surface area contributed by atoms with Crippen LogP contribution in [0.4, 0.5) is 0 Å². The fourth-order valence-corrected chi connectivity index (χ4v) is 17.3. The third kappa shape index (κ3) is 3.94. The highest BCUT2D eigenvalue weighted by atomic mass is 28.5. The molecule has 34 heavy (non-hydrogen) atoms. The van der Waals surface area contributed by atoms with Crippen LogP contribution in [-0.2, 0) is 13.0 Å². The predicted molar refractivity (Wildman–Crippen MR) is 135 cm³/mol. The number of aromatic amines is 1. The van der Waals surface area contributed by atoms with Gasteiger partial charge in [0, 0.05) is 12.5 Å². The van der Waals surface area contributed by atoms with Crippen LogP contribution >= 0.6 is 0 Å². The number of aromatic nitrogens is 4. The standard InChI is InChI=1S/C23H40N4O5Si2/c1-13(2)33(14(3)4)30-10-17-9-18(27-12-26-19-22(27)24-11-25-23(19)29)20(28)21(17)31-34(32-33,15(5)6)16(7)8/h11-18,20-21,28H,9-10H2,1-8H3,(H,24,25,29)/t17-,18-,20+,21-/m1/s1. The van der Waals surface area contributed by atoms with Gasteiger partial charge < -0.3 is 27.6 Å². The molecule has 2 N–H and O–H groups in total. The molecule has 0 amide bonds. The molecular weight excluding hydrogens is 468 g/mol. The van der Waals surface area contributed by atoms with Crippen molar-refractivity contribution in [2.75, 3.05) is 6.61 Å². The quantitative estimate of drug-likeness (QED) is 0.587. The molecule has 0 bridgehead atoms. The minimum atomic E-state index is -2.80. The number of nitrogens with zero attached hydrogens (tertiary/aromatic N) is 3. The van der Waals surface area contributed by atoms with Crippen molar-refractivity contribution in [3.63, 3.8) is 0 Å². The molecule has 1 saturated heterocycles. The van der Waals surface area contributed by atoms with E-state index in [1.54, 1.807) is 6.33 Å². The van der Waals surface area contributed by atoms with Crippen LogP contribution in [0.5, 0.6) is 0 Å². The third-order valence-corrected chi connectivity index (χ3v) is 18.1. The van der Waals surface area contributed by atoms with Crippen LogP contribution in [0.15, 0.2) is 17.4 Å². The largest absolute Gasteiger partial charge is 0.414 e. The molecule has 1 aliphatic carbocycles. The lowest BCUT2D eigenvalue weighted by Crippen LogP contribution is -2.65. The van der Waals surface area contributed by atoms with Crippen molar-refractivity contribution in [3.05, 3.63) is 23.0 Å². The zero-order valence-corrected chi connectivity index (χ0v) is 23.6. The van der Waals surface area contributed by atoms with E-state index in [9.17, 15) is 9.90 Å².